The van der Waals surface area contributed by atoms with Gasteiger partial charge in [-0.05, 0) is 49.2 Å². The van der Waals surface area contributed by atoms with Crippen LogP contribution in [0.5, 0.6) is 0 Å². The molecule has 10 nitrogen and oxygen atoms in total. The van der Waals surface area contributed by atoms with E-state index in [0.717, 1.165) is 12.8 Å². The Morgan fingerprint density at radius 2 is 0.833 bits per heavy atom. The third-order valence-corrected chi connectivity index (χ3v) is 3.33. The van der Waals surface area contributed by atoms with Gasteiger partial charge in [-0.25, -0.2) is 19.2 Å². The Morgan fingerprint density at radius 1 is 0.533 bits per heavy atom. The lowest BCUT2D eigenvalue weighted by Gasteiger charge is -1.98. The zero-order valence-electron chi connectivity index (χ0n) is 15.8. The zero-order valence-corrected chi connectivity index (χ0v) is 15.8. The molecule has 0 heterocycles. The molecule has 2 aromatic rings. The number of carbonyl (C=O) groups is 4. The molecule has 0 aliphatic heterocycles. The summed E-state index contributed by atoms with van der Waals surface area (Å²) in [6, 6.07) is 10.5. The van der Waals surface area contributed by atoms with Crippen LogP contribution < -0.4 is 0 Å². The minimum Gasteiger partial charge on any atom is -0.478 e. The standard InChI is InChI=1S/2C8H6O4.C4H10O2/c9-7(10)5-1-2-6(4-3-5)8(11)12;9-7(10)5-3-1-2-4-6(5)8(11)12;5-3-1-2-4-6/h2*1-4H,(H,9,10)(H,11,12);5-6H,1-4H2. The van der Waals surface area contributed by atoms with E-state index in [-0.39, 0.29) is 35.5 Å². The van der Waals surface area contributed by atoms with Gasteiger partial charge in [-0.3, -0.25) is 0 Å². The van der Waals surface area contributed by atoms with Crippen LogP contribution in [-0.4, -0.2) is 67.7 Å². The first-order valence-corrected chi connectivity index (χ1v) is 8.49. The second-order valence-electron chi connectivity index (χ2n) is 5.50. The van der Waals surface area contributed by atoms with Gasteiger partial charge in [0, 0.05) is 13.2 Å². The van der Waals surface area contributed by atoms with E-state index in [4.69, 9.17) is 30.6 Å². The van der Waals surface area contributed by atoms with E-state index in [1.54, 1.807) is 0 Å². The van der Waals surface area contributed by atoms with Crippen LogP contribution >= 0.6 is 0 Å². The van der Waals surface area contributed by atoms with Crippen LogP contribution in [0.3, 0.4) is 0 Å². The molecular weight excluding hydrogens is 400 g/mol. The fourth-order valence-corrected chi connectivity index (χ4v) is 1.84. The third kappa shape index (κ3) is 9.97. The number of benzene rings is 2. The number of carboxylic acids is 4. The van der Waals surface area contributed by atoms with Gasteiger partial charge in [0.25, 0.3) is 0 Å². The zero-order chi connectivity index (χ0) is 23.1. The van der Waals surface area contributed by atoms with Crippen molar-refractivity contribution >= 4 is 23.9 Å². The van der Waals surface area contributed by atoms with Gasteiger partial charge in [0.15, 0.2) is 0 Å². The molecule has 0 bridgehead atoms. The number of rotatable bonds is 7. The van der Waals surface area contributed by atoms with E-state index in [9.17, 15) is 19.2 Å². The van der Waals surface area contributed by atoms with Crippen molar-refractivity contribution in [1.29, 1.82) is 0 Å². The first kappa shape index (κ1) is 26.2. The van der Waals surface area contributed by atoms with Gasteiger partial charge in [-0.1, -0.05) is 12.1 Å². The van der Waals surface area contributed by atoms with Crippen molar-refractivity contribution < 1.29 is 49.8 Å². The summed E-state index contributed by atoms with van der Waals surface area (Å²) in [6.07, 6.45) is 1.44. The van der Waals surface area contributed by atoms with Crippen LogP contribution in [0.1, 0.15) is 54.3 Å². The molecule has 0 unspecified atom stereocenters. The second kappa shape index (κ2) is 14.3. The van der Waals surface area contributed by atoms with E-state index in [1.165, 1.54) is 48.5 Å². The highest BCUT2D eigenvalue weighted by atomic mass is 16.4. The minimum absolute atomic E-state index is 0.0833. The minimum atomic E-state index is -1.23. The average molecular weight is 422 g/mol. The molecule has 0 fully saturated rings. The van der Waals surface area contributed by atoms with Crippen LogP contribution in [0.15, 0.2) is 48.5 Å². The third-order valence-electron chi connectivity index (χ3n) is 3.33. The Bertz CT molecular complexity index is 773. The number of hydrogen-bond acceptors (Lipinski definition) is 6. The van der Waals surface area contributed by atoms with Gasteiger partial charge >= 0.3 is 23.9 Å². The Labute approximate surface area is 171 Å². The molecule has 2 aromatic carbocycles. The van der Waals surface area contributed by atoms with E-state index in [0.29, 0.717) is 0 Å². The van der Waals surface area contributed by atoms with Gasteiger partial charge in [0.2, 0.25) is 0 Å². The Hall–Kier alpha value is -3.76. The normalized spacial score (nSPS) is 9.27. The maximum Gasteiger partial charge on any atom is 0.336 e. The summed E-state index contributed by atoms with van der Waals surface area (Å²) in [6.45, 7) is 0.390. The lowest BCUT2D eigenvalue weighted by atomic mass is 10.1. The summed E-state index contributed by atoms with van der Waals surface area (Å²) < 4.78 is 0. The highest BCUT2D eigenvalue weighted by Gasteiger charge is 2.13. The molecule has 10 heteroatoms. The molecule has 0 aromatic heterocycles. The molecule has 0 aliphatic carbocycles. The number of unbranched alkanes of at least 4 members (excludes halogenated alkanes) is 1. The van der Waals surface area contributed by atoms with Crippen LogP contribution in [0.4, 0.5) is 0 Å². The first-order chi connectivity index (χ1) is 14.1. The quantitative estimate of drug-likeness (QED) is 0.359. The smallest absolute Gasteiger partial charge is 0.336 e. The Morgan fingerprint density at radius 3 is 1.03 bits per heavy atom. The molecule has 2 rings (SSSR count). The maximum absolute atomic E-state index is 10.5. The summed E-state index contributed by atoms with van der Waals surface area (Å²) in [4.78, 5) is 41.6. The van der Waals surface area contributed by atoms with Gasteiger partial charge in [-0.2, -0.15) is 0 Å². The van der Waals surface area contributed by atoms with Gasteiger partial charge < -0.3 is 30.6 Å². The molecule has 0 spiro atoms. The van der Waals surface area contributed by atoms with E-state index < -0.39 is 23.9 Å². The van der Waals surface area contributed by atoms with Crippen LogP contribution in [0.25, 0.3) is 0 Å². The largest absolute Gasteiger partial charge is 0.478 e. The summed E-state index contributed by atoms with van der Waals surface area (Å²) >= 11 is 0. The molecule has 0 atom stereocenters. The molecule has 0 saturated heterocycles. The highest BCUT2D eigenvalue weighted by molar-refractivity contribution is 6.01. The van der Waals surface area contributed by atoms with Crippen LogP contribution in [0, 0.1) is 0 Å². The molecule has 30 heavy (non-hydrogen) atoms. The second-order valence-corrected chi connectivity index (χ2v) is 5.50. The molecule has 0 radical (unpaired) electrons. The lowest BCUT2D eigenvalue weighted by Crippen LogP contribution is -2.06. The summed E-state index contributed by atoms with van der Waals surface area (Å²) in [5.74, 6) is -4.58. The first-order valence-electron chi connectivity index (χ1n) is 8.49. The molecule has 0 amide bonds. The number of carboxylic acid groups (broad SMARTS) is 4. The SMILES string of the molecule is O=C(O)c1ccc(C(=O)O)cc1.O=C(O)c1ccccc1C(=O)O.OCCCCO. The van der Waals surface area contributed by atoms with Crippen molar-refractivity contribution in [2.75, 3.05) is 13.2 Å². The topological polar surface area (TPSA) is 190 Å². The van der Waals surface area contributed by atoms with Gasteiger partial charge in [-0.15, -0.1) is 0 Å². The van der Waals surface area contributed by atoms with E-state index in [1.807, 2.05) is 0 Å². The van der Waals surface area contributed by atoms with Crippen LogP contribution in [-0.2, 0) is 0 Å². The van der Waals surface area contributed by atoms with E-state index >= 15 is 0 Å². The summed E-state index contributed by atoms with van der Waals surface area (Å²) in [5, 5.41) is 50.2. The average Bonchev–Trinajstić information content (AvgIpc) is 2.73. The number of aliphatic hydroxyl groups excluding tert-OH is 2. The van der Waals surface area contributed by atoms with Gasteiger partial charge in [0.1, 0.15) is 0 Å². The molecular formula is C20H22O10. The van der Waals surface area contributed by atoms with Crippen molar-refractivity contribution in [3.8, 4) is 0 Å². The van der Waals surface area contributed by atoms with Crippen molar-refractivity contribution in [2.24, 2.45) is 0 Å². The number of hydrogen-bond donors (Lipinski definition) is 6. The highest BCUT2D eigenvalue weighted by Crippen LogP contribution is 2.08. The van der Waals surface area contributed by atoms with Crippen molar-refractivity contribution in [3.05, 3.63) is 70.8 Å². The van der Waals surface area contributed by atoms with Crippen molar-refractivity contribution in [3.63, 3.8) is 0 Å². The van der Waals surface area contributed by atoms with E-state index in [2.05, 4.69) is 0 Å². The monoisotopic (exact) mass is 422 g/mol. The molecule has 162 valence electrons. The maximum atomic E-state index is 10.5. The molecule has 0 saturated carbocycles. The summed E-state index contributed by atoms with van der Waals surface area (Å²) in [5.41, 5.74) is -0.213. The lowest BCUT2D eigenvalue weighted by molar-refractivity contribution is 0.0651. The van der Waals surface area contributed by atoms with Crippen LogP contribution in [0.2, 0.25) is 0 Å². The molecule has 6 N–H and O–H groups in total. The fourth-order valence-electron chi connectivity index (χ4n) is 1.84. The predicted octanol–water partition coefficient (Wildman–Crippen LogP) is 1.92. The predicted molar refractivity (Wildman–Crippen MR) is 104 cm³/mol. The summed E-state index contributed by atoms with van der Waals surface area (Å²) in [7, 11) is 0. The fraction of sp³-hybridized carbons (Fsp3) is 0.200. The number of aromatic carboxylic acids is 4. The Kier molecular flexibility index (Phi) is 12.5. The molecule has 0 aliphatic rings. The van der Waals surface area contributed by atoms with Crippen molar-refractivity contribution in [2.45, 2.75) is 12.8 Å². The van der Waals surface area contributed by atoms with Gasteiger partial charge in [0.05, 0.1) is 22.3 Å². The number of aliphatic hydroxyl groups is 2. The Balaban J connectivity index is 0.000000447. The van der Waals surface area contributed by atoms with Crippen molar-refractivity contribution in [1.82, 2.24) is 0 Å².